The van der Waals surface area contributed by atoms with E-state index in [1.807, 2.05) is 14.0 Å². The molecule has 0 aliphatic carbocycles. The van der Waals surface area contributed by atoms with Crippen LogP contribution in [-0.2, 0) is 19.2 Å². The molecule has 8 nitrogen and oxygen atoms in total. The molecular weight excluding hydrogens is 411 g/mol. The van der Waals surface area contributed by atoms with Gasteiger partial charge in [0.15, 0.2) is 5.96 Å². The summed E-state index contributed by atoms with van der Waals surface area (Å²) in [7, 11) is 1.82. The van der Waals surface area contributed by atoms with Crippen molar-refractivity contribution in [2.75, 3.05) is 13.1 Å². The summed E-state index contributed by atoms with van der Waals surface area (Å²) in [4.78, 5) is 4.40. The second-order valence-electron chi connectivity index (χ2n) is 5.22. The molecule has 0 radical (unpaired) electrons. The largest absolute Gasteiger partial charge is 0.383 e. The van der Waals surface area contributed by atoms with Crippen molar-refractivity contribution in [3.05, 3.63) is 36.0 Å². The van der Waals surface area contributed by atoms with E-state index in [2.05, 4.69) is 25.9 Å². The number of hydrogen-bond acceptors (Lipinski definition) is 5. The first kappa shape index (κ1) is 19.4. The maximum Gasteiger partial charge on any atom is 0.191 e. The fraction of sp³-hybridized carbons (Fsp3) is 0.500. The molecule has 0 aliphatic rings. The first-order valence-corrected chi connectivity index (χ1v) is 7.14. The smallest absolute Gasteiger partial charge is 0.191 e. The minimum Gasteiger partial charge on any atom is -0.383 e. The Kier molecular flexibility index (Phi) is 7.49. The Morgan fingerprint density at radius 2 is 2.26 bits per heavy atom. The van der Waals surface area contributed by atoms with Gasteiger partial charge in [0.25, 0.3) is 0 Å². The van der Waals surface area contributed by atoms with Crippen LogP contribution in [-0.4, -0.2) is 39.1 Å². The summed E-state index contributed by atoms with van der Waals surface area (Å²) in [5, 5.41) is 24.7. The molecule has 3 N–H and O–H groups in total. The van der Waals surface area contributed by atoms with E-state index < -0.39 is 5.60 Å². The van der Waals surface area contributed by atoms with Crippen LogP contribution < -0.4 is 10.6 Å². The van der Waals surface area contributed by atoms with Gasteiger partial charge in [0.05, 0.1) is 19.3 Å². The van der Waals surface area contributed by atoms with Crippen LogP contribution in [0.5, 0.6) is 0 Å². The van der Waals surface area contributed by atoms with Gasteiger partial charge in [-0.3, -0.25) is 4.68 Å². The maximum atomic E-state index is 10.5. The normalized spacial score (nSPS) is 14.0. The number of hydrogen-bond donors (Lipinski definition) is 3. The van der Waals surface area contributed by atoms with Crippen LogP contribution in [0.2, 0.25) is 0 Å². The molecular formula is C14H23IN6O2. The van der Waals surface area contributed by atoms with E-state index in [-0.39, 0.29) is 24.0 Å². The molecule has 0 bridgehead atoms. The van der Waals surface area contributed by atoms with E-state index in [1.165, 1.54) is 6.26 Å². The number of aliphatic imine (C=N–C) groups is 1. The zero-order valence-corrected chi connectivity index (χ0v) is 15.8. The molecule has 0 saturated heterocycles. The predicted octanol–water partition coefficient (Wildman–Crippen LogP) is 0.989. The van der Waals surface area contributed by atoms with E-state index in [4.69, 9.17) is 4.52 Å². The first-order chi connectivity index (χ1) is 10.5. The lowest BCUT2D eigenvalue weighted by atomic mass is 10.00. The van der Waals surface area contributed by atoms with E-state index in [0.717, 1.165) is 17.8 Å². The Hall–Kier alpha value is -1.62. The number of aliphatic hydroxyl groups is 1. The number of nitrogens with one attached hydrogen (secondary N) is 2. The van der Waals surface area contributed by atoms with E-state index >= 15 is 0 Å². The van der Waals surface area contributed by atoms with Crippen molar-refractivity contribution in [3.8, 4) is 0 Å². The third-order valence-corrected chi connectivity index (χ3v) is 3.16. The first-order valence-electron chi connectivity index (χ1n) is 7.14. The summed E-state index contributed by atoms with van der Waals surface area (Å²) in [6.45, 7) is 5.15. The fourth-order valence-electron chi connectivity index (χ4n) is 1.88. The van der Waals surface area contributed by atoms with Crippen LogP contribution in [0.15, 0.2) is 34.2 Å². The molecule has 128 valence electrons. The Morgan fingerprint density at radius 1 is 1.48 bits per heavy atom. The average molecular weight is 434 g/mol. The minimum absolute atomic E-state index is 0. The molecule has 0 amide bonds. The molecule has 23 heavy (non-hydrogen) atoms. The van der Waals surface area contributed by atoms with Crippen LogP contribution in [0.1, 0.15) is 25.1 Å². The number of aromatic nitrogens is 3. The summed E-state index contributed by atoms with van der Waals surface area (Å²) >= 11 is 0. The SMILES string of the molecule is CCNC(=NCc1ccon1)NCC(C)(O)c1cnn(C)c1.I. The van der Waals surface area contributed by atoms with Crippen molar-refractivity contribution < 1.29 is 9.63 Å². The van der Waals surface area contributed by atoms with Crippen molar-refractivity contribution >= 4 is 29.9 Å². The molecule has 1 unspecified atom stereocenters. The molecule has 2 heterocycles. The van der Waals surface area contributed by atoms with Crippen LogP contribution in [0, 0.1) is 0 Å². The Labute approximate surface area is 152 Å². The lowest BCUT2D eigenvalue weighted by molar-refractivity contribution is 0.0616. The topological polar surface area (TPSA) is 100 Å². The Bertz CT molecular complexity index is 609. The van der Waals surface area contributed by atoms with Gasteiger partial charge in [0.1, 0.15) is 17.6 Å². The van der Waals surface area contributed by atoms with Crippen molar-refractivity contribution in [3.63, 3.8) is 0 Å². The molecule has 0 aliphatic heterocycles. The molecule has 0 saturated carbocycles. The second-order valence-corrected chi connectivity index (χ2v) is 5.22. The average Bonchev–Trinajstić information content (AvgIpc) is 3.13. The van der Waals surface area contributed by atoms with Gasteiger partial charge >= 0.3 is 0 Å². The molecule has 2 aromatic heterocycles. The van der Waals surface area contributed by atoms with Gasteiger partial charge in [-0.1, -0.05) is 5.16 Å². The summed E-state index contributed by atoms with van der Waals surface area (Å²) in [6.07, 6.45) is 4.96. The Balaban J connectivity index is 0.00000264. The lowest BCUT2D eigenvalue weighted by Crippen LogP contribution is -2.44. The van der Waals surface area contributed by atoms with Gasteiger partial charge in [-0.05, 0) is 13.8 Å². The van der Waals surface area contributed by atoms with Gasteiger partial charge in [-0.15, -0.1) is 24.0 Å². The number of guanidine groups is 1. The minimum atomic E-state index is -1.04. The van der Waals surface area contributed by atoms with Crippen LogP contribution >= 0.6 is 24.0 Å². The zero-order chi connectivity index (χ0) is 16.0. The standard InChI is InChI=1S/C14H22N6O2.HI/c1-4-15-13(16-8-12-5-6-22-19-12)17-10-14(2,21)11-7-18-20(3)9-11;/h5-7,9,21H,4,8,10H2,1-3H3,(H2,15,16,17);1H. The summed E-state index contributed by atoms with van der Waals surface area (Å²) in [5.74, 6) is 0.606. The van der Waals surface area contributed by atoms with Gasteiger partial charge < -0.3 is 20.3 Å². The van der Waals surface area contributed by atoms with Crippen LogP contribution in [0.4, 0.5) is 0 Å². The summed E-state index contributed by atoms with van der Waals surface area (Å²) < 4.78 is 6.43. The summed E-state index contributed by atoms with van der Waals surface area (Å²) in [5.41, 5.74) is 0.448. The van der Waals surface area contributed by atoms with Crippen molar-refractivity contribution in [1.82, 2.24) is 25.6 Å². The third kappa shape index (κ3) is 5.82. The highest BCUT2D eigenvalue weighted by Gasteiger charge is 2.24. The van der Waals surface area contributed by atoms with Crippen molar-refractivity contribution in [2.45, 2.75) is 26.0 Å². The van der Waals surface area contributed by atoms with E-state index in [0.29, 0.717) is 19.0 Å². The van der Waals surface area contributed by atoms with Gasteiger partial charge in [0.2, 0.25) is 0 Å². The van der Waals surface area contributed by atoms with Crippen molar-refractivity contribution in [1.29, 1.82) is 0 Å². The summed E-state index contributed by atoms with van der Waals surface area (Å²) in [6, 6.07) is 1.76. The Morgan fingerprint density at radius 3 is 2.83 bits per heavy atom. The quantitative estimate of drug-likeness (QED) is 0.356. The highest BCUT2D eigenvalue weighted by molar-refractivity contribution is 14.0. The van der Waals surface area contributed by atoms with E-state index in [1.54, 1.807) is 30.1 Å². The molecule has 2 rings (SSSR count). The van der Waals surface area contributed by atoms with E-state index in [9.17, 15) is 5.11 Å². The van der Waals surface area contributed by atoms with Gasteiger partial charge in [-0.2, -0.15) is 5.10 Å². The van der Waals surface area contributed by atoms with Crippen molar-refractivity contribution in [2.24, 2.45) is 12.0 Å². The highest BCUT2D eigenvalue weighted by Crippen LogP contribution is 2.18. The third-order valence-electron chi connectivity index (χ3n) is 3.16. The number of rotatable bonds is 6. The lowest BCUT2D eigenvalue weighted by Gasteiger charge is -2.23. The zero-order valence-electron chi connectivity index (χ0n) is 13.5. The fourth-order valence-corrected chi connectivity index (χ4v) is 1.88. The molecule has 0 aromatic carbocycles. The maximum absolute atomic E-state index is 10.5. The van der Waals surface area contributed by atoms with Gasteiger partial charge in [0, 0.05) is 31.4 Å². The van der Waals surface area contributed by atoms with Gasteiger partial charge in [-0.25, -0.2) is 4.99 Å². The predicted molar refractivity (Wildman–Crippen MR) is 97.5 cm³/mol. The molecule has 0 spiro atoms. The number of nitrogens with zero attached hydrogens (tertiary/aromatic N) is 4. The highest BCUT2D eigenvalue weighted by atomic mass is 127. The van der Waals surface area contributed by atoms with Crippen LogP contribution in [0.3, 0.4) is 0 Å². The molecule has 2 aromatic rings. The molecule has 1 atom stereocenters. The number of halogens is 1. The molecule has 9 heteroatoms. The monoisotopic (exact) mass is 434 g/mol. The second kappa shape index (κ2) is 8.87. The number of aryl methyl sites for hydroxylation is 1. The molecule has 0 fully saturated rings. The van der Waals surface area contributed by atoms with Crippen LogP contribution in [0.25, 0.3) is 0 Å².